The summed E-state index contributed by atoms with van der Waals surface area (Å²) in [5.74, 6) is 0.758. The second-order valence-corrected chi connectivity index (χ2v) is 5.58. The van der Waals surface area contributed by atoms with Gasteiger partial charge in [0.15, 0.2) is 6.73 Å². The Hall–Kier alpha value is -2.20. The Morgan fingerprint density at radius 3 is 2.55 bits per heavy atom. The van der Waals surface area contributed by atoms with Gasteiger partial charge in [-0.25, -0.2) is 4.79 Å². The summed E-state index contributed by atoms with van der Waals surface area (Å²) in [7, 11) is 0. The van der Waals surface area contributed by atoms with Crippen LogP contribution in [-0.2, 0) is 0 Å². The lowest BCUT2D eigenvalue weighted by atomic mass is 10.1. The molecule has 0 bridgehead atoms. The van der Waals surface area contributed by atoms with Gasteiger partial charge in [-0.2, -0.15) is 0 Å². The van der Waals surface area contributed by atoms with Crippen molar-refractivity contribution in [3.8, 4) is 5.75 Å². The van der Waals surface area contributed by atoms with E-state index in [-0.39, 0.29) is 12.8 Å². The molecule has 2 aromatic rings. The van der Waals surface area contributed by atoms with Gasteiger partial charge in [-0.3, -0.25) is 0 Å². The molecule has 2 aromatic carbocycles. The number of amides is 2. The zero-order valence-corrected chi connectivity index (χ0v) is 13.6. The molecule has 0 aliphatic heterocycles. The number of benzene rings is 2. The van der Waals surface area contributed by atoms with E-state index in [1.165, 1.54) is 5.56 Å². The maximum atomic E-state index is 11.8. The van der Waals surface area contributed by atoms with Crippen molar-refractivity contribution in [2.45, 2.75) is 20.8 Å². The highest BCUT2D eigenvalue weighted by Crippen LogP contribution is 2.20. The largest absolute Gasteiger partial charge is 0.473 e. The minimum Gasteiger partial charge on any atom is -0.473 e. The quantitative estimate of drug-likeness (QED) is 0.820. The lowest BCUT2D eigenvalue weighted by Gasteiger charge is -2.12. The molecular weight excluding hydrogens is 300 g/mol. The smallest absolute Gasteiger partial charge is 0.321 e. The first-order valence-electron chi connectivity index (χ1n) is 6.97. The van der Waals surface area contributed by atoms with Gasteiger partial charge < -0.3 is 15.4 Å². The molecule has 116 valence electrons. The predicted molar refractivity (Wildman–Crippen MR) is 89.8 cm³/mol. The fourth-order valence-electron chi connectivity index (χ4n) is 2.07. The van der Waals surface area contributed by atoms with E-state index in [9.17, 15) is 4.79 Å². The van der Waals surface area contributed by atoms with Gasteiger partial charge in [-0.1, -0.05) is 29.3 Å². The van der Waals surface area contributed by atoms with Gasteiger partial charge in [-0.05, 0) is 56.2 Å². The highest BCUT2D eigenvalue weighted by Gasteiger charge is 2.05. The van der Waals surface area contributed by atoms with Crippen molar-refractivity contribution in [3.05, 3.63) is 58.1 Å². The first-order valence-corrected chi connectivity index (χ1v) is 7.34. The van der Waals surface area contributed by atoms with Crippen LogP contribution in [0.4, 0.5) is 10.5 Å². The molecule has 0 saturated carbocycles. The fraction of sp³-hybridized carbons (Fsp3) is 0.235. The van der Waals surface area contributed by atoms with Crippen molar-refractivity contribution in [1.82, 2.24) is 5.32 Å². The minimum absolute atomic E-state index is 0.0996. The molecule has 22 heavy (non-hydrogen) atoms. The molecule has 2 rings (SSSR count). The Labute approximate surface area is 135 Å². The summed E-state index contributed by atoms with van der Waals surface area (Å²) in [6, 6.07) is 10.9. The third-order valence-electron chi connectivity index (χ3n) is 3.23. The van der Waals surface area contributed by atoms with Crippen LogP contribution in [0.1, 0.15) is 16.7 Å². The zero-order valence-electron chi connectivity index (χ0n) is 12.9. The fourth-order valence-corrected chi connectivity index (χ4v) is 2.30. The molecule has 0 fully saturated rings. The summed E-state index contributed by atoms with van der Waals surface area (Å²) in [5, 5.41) is 6.06. The van der Waals surface area contributed by atoms with E-state index in [4.69, 9.17) is 16.3 Å². The number of ether oxygens (including phenoxy) is 1. The average Bonchev–Trinajstić information content (AvgIpc) is 2.44. The van der Waals surface area contributed by atoms with Crippen molar-refractivity contribution in [1.29, 1.82) is 0 Å². The third-order valence-corrected chi connectivity index (χ3v) is 3.46. The van der Waals surface area contributed by atoms with Crippen LogP contribution in [0.2, 0.25) is 5.02 Å². The zero-order chi connectivity index (χ0) is 16.1. The molecule has 0 radical (unpaired) electrons. The summed E-state index contributed by atoms with van der Waals surface area (Å²) in [6.45, 7) is 5.98. The standard InChI is InChI=1S/C17H19ClN2O2/c1-11-4-7-16(13(3)8-11)22-10-19-17(21)20-15-6-5-14(18)9-12(15)2/h4-9H,10H2,1-3H3,(H2,19,20,21). The summed E-state index contributed by atoms with van der Waals surface area (Å²) < 4.78 is 5.56. The van der Waals surface area contributed by atoms with Crippen molar-refractivity contribution in [2.75, 3.05) is 12.0 Å². The highest BCUT2D eigenvalue weighted by atomic mass is 35.5. The monoisotopic (exact) mass is 318 g/mol. The van der Waals surface area contributed by atoms with Gasteiger partial charge in [0.2, 0.25) is 0 Å². The summed E-state index contributed by atoms with van der Waals surface area (Å²) in [4.78, 5) is 11.8. The summed E-state index contributed by atoms with van der Waals surface area (Å²) in [5.41, 5.74) is 3.83. The molecule has 0 heterocycles. The maximum absolute atomic E-state index is 11.8. The molecule has 0 spiro atoms. The van der Waals surface area contributed by atoms with Crippen LogP contribution in [0.25, 0.3) is 0 Å². The van der Waals surface area contributed by atoms with E-state index in [0.717, 1.165) is 16.9 Å². The molecule has 0 atom stereocenters. The Balaban J connectivity index is 1.85. The molecule has 2 amide bonds. The summed E-state index contributed by atoms with van der Waals surface area (Å²) in [6.07, 6.45) is 0. The number of anilines is 1. The molecule has 0 aliphatic rings. The van der Waals surface area contributed by atoms with Gasteiger partial charge in [0.25, 0.3) is 0 Å². The lowest BCUT2D eigenvalue weighted by Crippen LogP contribution is -2.32. The van der Waals surface area contributed by atoms with Crippen molar-refractivity contribution < 1.29 is 9.53 Å². The van der Waals surface area contributed by atoms with Crippen molar-refractivity contribution in [3.63, 3.8) is 0 Å². The van der Waals surface area contributed by atoms with E-state index in [2.05, 4.69) is 10.6 Å². The molecular formula is C17H19ClN2O2. The molecule has 0 aliphatic carbocycles. The van der Waals surface area contributed by atoms with E-state index >= 15 is 0 Å². The maximum Gasteiger partial charge on any atom is 0.321 e. The highest BCUT2D eigenvalue weighted by molar-refractivity contribution is 6.30. The SMILES string of the molecule is Cc1ccc(OCNC(=O)Nc2ccc(Cl)cc2C)c(C)c1. The Bertz CT molecular complexity index is 686. The van der Waals surface area contributed by atoms with Gasteiger partial charge in [0.05, 0.1) is 0 Å². The van der Waals surface area contributed by atoms with E-state index in [1.54, 1.807) is 18.2 Å². The lowest BCUT2D eigenvalue weighted by molar-refractivity contribution is 0.234. The van der Waals surface area contributed by atoms with Gasteiger partial charge in [0, 0.05) is 10.7 Å². The molecule has 4 nitrogen and oxygen atoms in total. The second-order valence-electron chi connectivity index (χ2n) is 5.15. The van der Waals surface area contributed by atoms with Crippen molar-refractivity contribution >= 4 is 23.3 Å². The van der Waals surface area contributed by atoms with Crippen LogP contribution >= 0.6 is 11.6 Å². The van der Waals surface area contributed by atoms with E-state index in [1.807, 2.05) is 39.0 Å². The molecule has 2 N–H and O–H groups in total. The third kappa shape index (κ3) is 4.40. The number of halogens is 1. The van der Waals surface area contributed by atoms with E-state index in [0.29, 0.717) is 10.7 Å². The van der Waals surface area contributed by atoms with Crippen LogP contribution in [0.3, 0.4) is 0 Å². The topological polar surface area (TPSA) is 50.4 Å². The van der Waals surface area contributed by atoms with E-state index < -0.39 is 0 Å². The normalized spacial score (nSPS) is 10.2. The minimum atomic E-state index is -0.324. The van der Waals surface area contributed by atoms with Crippen LogP contribution in [-0.4, -0.2) is 12.8 Å². The first-order chi connectivity index (χ1) is 10.5. The number of urea groups is 1. The summed E-state index contributed by atoms with van der Waals surface area (Å²) >= 11 is 5.88. The van der Waals surface area contributed by atoms with Crippen molar-refractivity contribution in [2.24, 2.45) is 0 Å². The predicted octanol–water partition coefficient (Wildman–Crippen LogP) is 4.42. The number of carbonyl (C=O) groups is 1. The van der Waals surface area contributed by atoms with Crippen LogP contribution in [0.5, 0.6) is 5.75 Å². The number of hydrogen-bond acceptors (Lipinski definition) is 2. The second kappa shape index (κ2) is 7.18. The Morgan fingerprint density at radius 2 is 1.86 bits per heavy atom. The molecule has 0 unspecified atom stereocenters. The number of carbonyl (C=O) groups excluding carboxylic acids is 1. The Kier molecular flexibility index (Phi) is 5.28. The number of hydrogen-bond donors (Lipinski definition) is 2. The molecule has 0 aromatic heterocycles. The number of aryl methyl sites for hydroxylation is 3. The average molecular weight is 319 g/mol. The van der Waals surface area contributed by atoms with Gasteiger partial charge in [-0.15, -0.1) is 0 Å². The number of rotatable bonds is 4. The molecule has 5 heteroatoms. The van der Waals surface area contributed by atoms with Crippen LogP contribution in [0.15, 0.2) is 36.4 Å². The van der Waals surface area contributed by atoms with Crippen LogP contribution < -0.4 is 15.4 Å². The Morgan fingerprint density at radius 1 is 1.09 bits per heavy atom. The first kappa shape index (κ1) is 16.2. The van der Waals surface area contributed by atoms with Gasteiger partial charge in [0.1, 0.15) is 5.75 Å². The van der Waals surface area contributed by atoms with Gasteiger partial charge >= 0.3 is 6.03 Å². The number of nitrogens with one attached hydrogen (secondary N) is 2. The molecule has 0 saturated heterocycles. The van der Waals surface area contributed by atoms with Crippen LogP contribution in [0, 0.1) is 20.8 Å².